The van der Waals surface area contributed by atoms with Crippen molar-refractivity contribution >= 4 is 23.2 Å². The molecule has 0 unspecified atom stereocenters. The average Bonchev–Trinajstić information content (AvgIpc) is 2.63. The minimum atomic E-state index is -3.18. The zero-order valence-electron chi connectivity index (χ0n) is 12.5. The summed E-state index contributed by atoms with van der Waals surface area (Å²) in [4.78, 5) is 4.14. The lowest BCUT2D eigenvalue weighted by atomic mass is 10.4. The Morgan fingerprint density at radius 2 is 1.38 bits per heavy atom. The van der Waals surface area contributed by atoms with Crippen molar-refractivity contribution in [1.29, 1.82) is 0 Å². The number of nitrogens with zero attached hydrogens (tertiary/aromatic N) is 1. The summed E-state index contributed by atoms with van der Waals surface area (Å²) < 4.78 is 42.8. The summed E-state index contributed by atoms with van der Waals surface area (Å²) in [6, 6.07) is 20.8. The summed E-state index contributed by atoms with van der Waals surface area (Å²) in [5.41, 5.74) is 0.321. The molecule has 3 nitrogen and oxygen atoms in total. The van der Waals surface area contributed by atoms with E-state index < -0.39 is 13.8 Å². The molecule has 0 aliphatic rings. The van der Waals surface area contributed by atoms with Crippen LogP contribution in [-0.2, 0) is 4.57 Å². The molecule has 0 aliphatic heterocycles. The number of ether oxygens (including phenoxy) is 1. The van der Waals surface area contributed by atoms with Crippen molar-refractivity contribution < 1.29 is 18.1 Å². The molecular formula is C18H14F2NO2P. The smallest absolute Gasteiger partial charge is 0.387 e. The summed E-state index contributed by atoms with van der Waals surface area (Å²) in [5, 5.41) is 1.26. The molecule has 6 heteroatoms. The SMILES string of the molecule is O=P(c1ccccc1)(c1ccccc1)c1ccc(OC(F)F)cn1. The van der Waals surface area contributed by atoms with Gasteiger partial charge in [0.1, 0.15) is 11.2 Å². The van der Waals surface area contributed by atoms with Crippen LogP contribution in [0.4, 0.5) is 8.78 Å². The van der Waals surface area contributed by atoms with Crippen molar-refractivity contribution in [1.82, 2.24) is 4.98 Å². The molecule has 3 aromatic rings. The third-order valence-corrected chi connectivity index (χ3v) is 6.47. The molecule has 2 aromatic carbocycles. The third-order valence-electron chi connectivity index (χ3n) is 3.51. The van der Waals surface area contributed by atoms with Crippen LogP contribution in [0.25, 0.3) is 0 Å². The van der Waals surface area contributed by atoms with Crippen molar-refractivity contribution in [3.8, 4) is 5.75 Å². The van der Waals surface area contributed by atoms with Crippen LogP contribution in [0.3, 0.4) is 0 Å². The van der Waals surface area contributed by atoms with Gasteiger partial charge in [0.05, 0.1) is 6.20 Å². The van der Waals surface area contributed by atoms with Gasteiger partial charge in [-0.3, -0.25) is 0 Å². The van der Waals surface area contributed by atoms with Gasteiger partial charge in [-0.25, -0.2) is 4.98 Å². The molecule has 3 rings (SSSR count). The fraction of sp³-hybridized carbons (Fsp3) is 0.0556. The van der Waals surface area contributed by atoms with Gasteiger partial charge in [0, 0.05) is 10.6 Å². The van der Waals surface area contributed by atoms with Gasteiger partial charge >= 0.3 is 6.61 Å². The quantitative estimate of drug-likeness (QED) is 0.666. The summed E-state index contributed by atoms with van der Waals surface area (Å²) in [6.45, 7) is -2.92. The van der Waals surface area contributed by atoms with Crippen molar-refractivity contribution in [2.75, 3.05) is 0 Å². The molecule has 0 spiro atoms. The number of rotatable bonds is 5. The van der Waals surface area contributed by atoms with Crippen LogP contribution in [0.15, 0.2) is 79.0 Å². The summed E-state index contributed by atoms with van der Waals surface area (Å²) in [7, 11) is -3.18. The fourth-order valence-corrected chi connectivity index (χ4v) is 4.94. The third kappa shape index (κ3) is 3.22. The van der Waals surface area contributed by atoms with Crippen LogP contribution in [0, 0.1) is 0 Å². The van der Waals surface area contributed by atoms with E-state index in [1.807, 2.05) is 12.1 Å². The van der Waals surface area contributed by atoms with E-state index in [0.29, 0.717) is 16.0 Å². The lowest BCUT2D eigenvalue weighted by molar-refractivity contribution is -0.0500. The highest BCUT2D eigenvalue weighted by Gasteiger charge is 2.30. The Bertz CT molecular complexity index is 796. The fourth-order valence-electron chi connectivity index (χ4n) is 2.42. The second kappa shape index (κ2) is 6.93. The van der Waals surface area contributed by atoms with Crippen LogP contribution in [0.5, 0.6) is 5.75 Å². The van der Waals surface area contributed by atoms with Crippen LogP contribution < -0.4 is 20.8 Å². The minimum absolute atomic E-state index is 0.0681. The molecule has 0 fully saturated rings. The van der Waals surface area contributed by atoms with Crippen molar-refractivity contribution in [2.45, 2.75) is 6.61 Å². The predicted octanol–water partition coefficient (Wildman–Crippen LogP) is 3.32. The largest absolute Gasteiger partial charge is 0.433 e. The van der Waals surface area contributed by atoms with E-state index in [9.17, 15) is 13.3 Å². The Hall–Kier alpha value is -2.52. The summed E-state index contributed by atoms with van der Waals surface area (Å²) in [5.74, 6) is -0.0681. The Labute approximate surface area is 138 Å². The molecule has 1 heterocycles. The Balaban J connectivity index is 2.11. The Morgan fingerprint density at radius 3 is 1.79 bits per heavy atom. The second-order valence-electron chi connectivity index (χ2n) is 5.01. The number of benzene rings is 2. The number of pyridine rings is 1. The van der Waals surface area contributed by atoms with Gasteiger partial charge in [-0.15, -0.1) is 0 Å². The lowest BCUT2D eigenvalue weighted by Crippen LogP contribution is -2.26. The van der Waals surface area contributed by atoms with Gasteiger partial charge in [0.15, 0.2) is 7.14 Å². The highest BCUT2D eigenvalue weighted by Crippen LogP contribution is 2.41. The van der Waals surface area contributed by atoms with Crippen molar-refractivity contribution in [3.05, 3.63) is 79.0 Å². The highest BCUT2D eigenvalue weighted by atomic mass is 31.2. The highest BCUT2D eigenvalue weighted by molar-refractivity contribution is 7.85. The molecule has 0 saturated heterocycles. The predicted molar refractivity (Wildman–Crippen MR) is 90.3 cm³/mol. The standard InChI is InChI=1S/C18H14F2NO2P/c19-18(20)23-14-11-12-17(21-13-14)24(22,15-7-3-1-4-8-15)16-9-5-2-6-10-16/h1-13,18H. The van der Waals surface area contributed by atoms with Gasteiger partial charge in [0.25, 0.3) is 0 Å². The van der Waals surface area contributed by atoms with E-state index in [1.54, 1.807) is 48.5 Å². The van der Waals surface area contributed by atoms with Gasteiger partial charge in [-0.05, 0) is 12.1 Å². The van der Waals surface area contributed by atoms with E-state index >= 15 is 0 Å². The van der Waals surface area contributed by atoms with Gasteiger partial charge < -0.3 is 9.30 Å². The summed E-state index contributed by atoms with van der Waals surface area (Å²) in [6.07, 6.45) is 1.17. The Kier molecular flexibility index (Phi) is 4.72. The molecular weight excluding hydrogens is 331 g/mol. The Morgan fingerprint density at radius 1 is 0.833 bits per heavy atom. The van der Waals surface area contributed by atoms with E-state index in [0.717, 1.165) is 0 Å². The first kappa shape index (κ1) is 16.3. The van der Waals surface area contributed by atoms with Crippen LogP contribution in [0.2, 0.25) is 0 Å². The second-order valence-corrected chi connectivity index (χ2v) is 7.72. The van der Waals surface area contributed by atoms with Crippen LogP contribution in [-0.4, -0.2) is 11.6 Å². The topological polar surface area (TPSA) is 39.2 Å². The molecule has 0 aliphatic carbocycles. The zero-order valence-corrected chi connectivity index (χ0v) is 13.4. The summed E-state index contributed by atoms with van der Waals surface area (Å²) >= 11 is 0. The van der Waals surface area contributed by atoms with E-state index in [-0.39, 0.29) is 5.75 Å². The van der Waals surface area contributed by atoms with Crippen LogP contribution >= 0.6 is 7.14 Å². The normalized spacial score (nSPS) is 11.5. The van der Waals surface area contributed by atoms with Gasteiger partial charge in [-0.2, -0.15) is 8.78 Å². The van der Waals surface area contributed by atoms with Gasteiger partial charge in [-0.1, -0.05) is 60.7 Å². The molecule has 0 bridgehead atoms. The first-order valence-corrected chi connectivity index (χ1v) is 8.94. The molecule has 0 radical (unpaired) electrons. The molecule has 24 heavy (non-hydrogen) atoms. The first-order chi connectivity index (χ1) is 11.6. The molecule has 0 amide bonds. The minimum Gasteiger partial charge on any atom is -0.433 e. The van der Waals surface area contributed by atoms with E-state index in [2.05, 4.69) is 9.72 Å². The van der Waals surface area contributed by atoms with E-state index in [1.165, 1.54) is 18.3 Å². The molecule has 1 aromatic heterocycles. The maximum atomic E-state index is 13.9. The molecule has 122 valence electrons. The van der Waals surface area contributed by atoms with Crippen molar-refractivity contribution in [2.24, 2.45) is 0 Å². The molecule has 0 saturated carbocycles. The number of halogens is 2. The van der Waals surface area contributed by atoms with E-state index in [4.69, 9.17) is 0 Å². The number of hydrogen-bond donors (Lipinski definition) is 0. The number of aromatic nitrogens is 1. The van der Waals surface area contributed by atoms with Crippen LogP contribution in [0.1, 0.15) is 0 Å². The maximum Gasteiger partial charge on any atom is 0.387 e. The van der Waals surface area contributed by atoms with Crippen molar-refractivity contribution in [3.63, 3.8) is 0 Å². The number of alkyl halides is 2. The molecule has 0 atom stereocenters. The monoisotopic (exact) mass is 345 g/mol. The number of hydrogen-bond acceptors (Lipinski definition) is 3. The molecule has 0 N–H and O–H groups in total. The maximum absolute atomic E-state index is 13.9. The average molecular weight is 345 g/mol. The zero-order chi connectivity index (χ0) is 17.0. The van der Waals surface area contributed by atoms with Gasteiger partial charge in [0.2, 0.25) is 0 Å². The lowest BCUT2D eigenvalue weighted by Gasteiger charge is -2.19. The first-order valence-electron chi connectivity index (χ1n) is 7.23.